The lowest BCUT2D eigenvalue weighted by Gasteiger charge is -2.03. The molecule has 0 saturated heterocycles. The van der Waals surface area contributed by atoms with Crippen LogP contribution in [0.25, 0.3) is 17.0 Å². The Hall–Kier alpha value is -3.00. The number of methoxy groups -OCH3 is 1. The Kier molecular flexibility index (Phi) is 4.02. The van der Waals surface area contributed by atoms with Crippen LogP contribution >= 0.6 is 11.6 Å². The first-order valence-corrected chi connectivity index (χ1v) is 7.95. The monoisotopic (exact) mass is 356 g/mol. The Morgan fingerprint density at radius 1 is 1.12 bits per heavy atom. The number of aromatic nitrogens is 6. The maximum atomic E-state index is 5.92. The smallest absolute Gasteiger partial charge is 0.227 e. The zero-order chi connectivity index (χ0) is 17.2. The molecule has 0 N–H and O–H groups in total. The molecule has 1 aromatic carbocycles. The molecule has 0 aliphatic heterocycles. The molecule has 4 rings (SSSR count). The molecule has 9 heteroatoms. The minimum atomic E-state index is 0.379. The average molecular weight is 357 g/mol. The Morgan fingerprint density at radius 3 is 2.88 bits per heavy atom. The minimum absolute atomic E-state index is 0.379. The van der Waals surface area contributed by atoms with Crippen LogP contribution in [0.2, 0.25) is 5.15 Å². The molecule has 0 bridgehead atoms. The molecule has 4 aromatic rings. The number of aryl methyl sites for hydroxylation is 2. The van der Waals surface area contributed by atoms with E-state index in [1.807, 2.05) is 24.3 Å². The molecule has 0 spiro atoms. The molecule has 126 valence electrons. The van der Waals surface area contributed by atoms with Crippen molar-refractivity contribution in [3.8, 4) is 17.1 Å². The van der Waals surface area contributed by atoms with Gasteiger partial charge in [0.1, 0.15) is 10.9 Å². The van der Waals surface area contributed by atoms with E-state index in [-0.39, 0.29) is 0 Å². The highest BCUT2D eigenvalue weighted by molar-refractivity contribution is 6.29. The van der Waals surface area contributed by atoms with E-state index in [2.05, 4.69) is 25.4 Å². The van der Waals surface area contributed by atoms with Gasteiger partial charge in [-0.2, -0.15) is 14.6 Å². The van der Waals surface area contributed by atoms with E-state index in [4.69, 9.17) is 20.9 Å². The van der Waals surface area contributed by atoms with E-state index in [9.17, 15) is 0 Å². The highest BCUT2D eigenvalue weighted by Crippen LogP contribution is 2.27. The van der Waals surface area contributed by atoms with Crippen LogP contribution in [0.5, 0.6) is 5.75 Å². The van der Waals surface area contributed by atoms with E-state index in [1.54, 1.807) is 23.8 Å². The van der Waals surface area contributed by atoms with Crippen LogP contribution in [0.1, 0.15) is 11.7 Å². The molecule has 0 aliphatic carbocycles. The fourth-order valence-electron chi connectivity index (χ4n) is 2.48. The van der Waals surface area contributed by atoms with Crippen molar-refractivity contribution in [1.29, 1.82) is 0 Å². The quantitative estimate of drug-likeness (QED) is 0.542. The Bertz CT molecular complexity index is 1030. The summed E-state index contributed by atoms with van der Waals surface area (Å²) in [6.45, 7) is 0. The minimum Gasteiger partial charge on any atom is -0.496 e. The van der Waals surface area contributed by atoms with Gasteiger partial charge in [-0.1, -0.05) is 28.9 Å². The SMILES string of the molecule is COc1ccccc1-c1noc(CCc2nnc3ccc(Cl)nn23)n1. The van der Waals surface area contributed by atoms with Gasteiger partial charge in [-0.15, -0.1) is 10.2 Å². The van der Waals surface area contributed by atoms with Crippen LogP contribution in [0, 0.1) is 0 Å². The van der Waals surface area contributed by atoms with Gasteiger partial charge >= 0.3 is 0 Å². The summed E-state index contributed by atoms with van der Waals surface area (Å²) in [4.78, 5) is 4.42. The van der Waals surface area contributed by atoms with Gasteiger partial charge < -0.3 is 9.26 Å². The third kappa shape index (κ3) is 3.03. The fraction of sp³-hybridized carbons (Fsp3) is 0.188. The third-order valence-electron chi connectivity index (χ3n) is 3.67. The second kappa shape index (κ2) is 6.48. The summed E-state index contributed by atoms with van der Waals surface area (Å²) >= 11 is 5.92. The van der Waals surface area contributed by atoms with Crippen molar-refractivity contribution < 1.29 is 9.26 Å². The predicted molar refractivity (Wildman–Crippen MR) is 89.5 cm³/mol. The summed E-state index contributed by atoms with van der Waals surface area (Å²) in [5.74, 6) is 2.35. The standard InChI is InChI=1S/C16H13ClN6O2/c1-24-11-5-3-2-4-10(11)16-18-15(25-22-16)9-8-14-20-19-13-7-6-12(17)21-23(13)14/h2-7H,8-9H2,1H3. The summed E-state index contributed by atoms with van der Waals surface area (Å²) < 4.78 is 12.3. The fourth-order valence-corrected chi connectivity index (χ4v) is 2.62. The summed E-state index contributed by atoms with van der Waals surface area (Å²) in [6.07, 6.45) is 1.05. The molecular weight excluding hydrogens is 344 g/mol. The van der Waals surface area contributed by atoms with Crippen molar-refractivity contribution in [2.45, 2.75) is 12.8 Å². The van der Waals surface area contributed by atoms with Crippen molar-refractivity contribution in [3.63, 3.8) is 0 Å². The van der Waals surface area contributed by atoms with Gasteiger partial charge in [-0.3, -0.25) is 0 Å². The number of rotatable bonds is 5. The lowest BCUT2D eigenvalue weighted by Crippen LogP contribution is -2.01. The molecular formula is C16H13ClN6O2. The molecule has 0 saturated carbocycles. The number of halogens is 1. The van der Waals surface area contributed by atoms with Crippen molar-refractivity contribution in [1.82, 2.24) is 30.0 Å². The van der Waals surface area contributed by atoms with Gasteiger partial charge in [0.05, 0.1) is 12.7 Å². The molecule has 0 fully saturated rings. The molecule has 0 unspecified atom stereocenters. The van der Waals surface area contributed by atoms with Gasteiger partial charge in [-0.05, 0) is 24.3 Å². The summed E-state index contributed by atoms with van der Waals surface area (Å²) in [7, 11) is 1.61. The maximum Gasteiger partial charge on any atom is 0.227 e. The van der Waals surface area contributed by atoms with Crippen LogP contribution in [-0.4, -0.2) is 37.1 Å². The largest absolute Gasteiger partial charge is 0.496 e. The summed E-state index contributed by atoms with van der Waals surface area (Å²) in [5.41, 5.74) is 1.42. The van der Waals surface area contributed by atoms with Crippen LogP contribution in [0.4, 0.5) is 0 Å². The molecule has 0 radical (unpaired) electrons. The van der Waals surface area contributed by atoms with Gasteiger partial charge in [-0.25, -0.2) is 0 Å². The number of hydrogen-bond donors (Lipinski definition) is 0. The number of nitrogens with zero attached hydrogens (tertiary/aromatic N) is 6. The number of hydrogen-bond acceptors (Lipinski definition) is 7. The third-order valence-corrected chi connectivity index (χ3v) is 3.87. The first-order valence-electron chi connectivity index (χ1n) is 7.57. The van der Waals surface area contributed by atoms with Gasteiger partial charge in [0, 0.05) is 12.8 Å². The molecule has 3 aromatic heterocycles. The van der Waals surface area contributed by atoms with Gasteiger partial charge in [0.2, 0.25) is 11.7 Å². The number of ether oxygens (including phenoxy) is 1. The van der Waals surface area contributed by atoms with Crippen molar-refractivity contribution in [3.05, 3.63) is 53.3 Å². The van der Waals surface area contributed by atoms with Crippen LogP contribution < -0.4 is 4.74 Å². The van der Waals surface area contributed by atoms with E-state index < -0.39 is 0 Å². The van der Waals surface area contributed by atoms with E-state index >= 15 is 0 Å². The number of para-hydroxylation sites is 1. The van der Waals surface area contributed by atoms with Crippen molar-refractivity contribution in [2.24, 2.45) is 0 Å². The maximum absolute atomic E-state index is 5.92. The number of benzene rings is 1. The second-order valence-electron chi connectivity index (χ2n) is 5.25. The summed E-state index contributed by atoms with van der Waals surface area (Å²) in [6, 6.07) is 10.9. The molecule has 0 aliphatic rings. The zero-order valence-electron chi connectivity index (χ0n) is 13.3. The topological polar surface area (TPSA) is 91.2 Å². The predicted octanol–water partition coefficient (Wildman–Crippen LogP) is 2.62. The average Bonchev–Trinajstić information content (AvgIpc) is 3.26. The Balaban J connectivity index is 1.54. The van der Waals surface area contributed by atoms with Crippen molar-refractivity contribution in [2.75, 3.05) is 7.11 Å². The second-order valence-corrected chi connectivity index (χ2v) is 5.64. The lowest BCUT2D eigenvalue weighted by molar-refractivity contribution is 0.377. The van der Waals surface area contributed by atoms with E-state index in [0.717, 1.165) is 5.56 Å². The molecule has 3 heterocycles. The van der Waals surface area contributed by atoms with Gasteiger partial charge in [0.25, 0.3) is 0 Å². The van der Waals surface area contributed by atoms with E-state index in [1.165, 1.54) is 0 Å². The zero-order valence-corrected chi connectivity index (χ0v) is 14.0. The van der Waals surface area contributed by atoms with Crippen LogP contribution in [-0.2, 0) is 12.8 Å². The molecule has 25 heavy (non-hydrogen) atoms. The molecule has 8 nitrogen and oxygen atoms in total. The summed E-state index contributed by atoms with van der Waals surface area (Å²) in [5, 5.41) is 16.8. The Morgan fingerprint density at radius 2 is 2.00 bits per heavy atom. The van der Waals surface area contributed by atoms with Crippen LogP contribution in [0.15, 0.2) is 40.9 Å². The first kappa shape index (κ1) is 15.5. The molecule has 0 atom stereocenters. The highest BCUT2D eigenvalue weighted by atomic mass is 35.5. The van der Waals surface area contributed by atoms with Crippen LogP contribution in [0.3, 0.4) is 0 Å². The van der Waals surface area contributed by atoms with Crippen molar-refractivity contribution >= 4 is 17.2 Å². The normalized spacial score (nSPS) is 11.1. The van der Waals surface area contributed by atoms with E-state index in [0.29, 0.717) is 46.9 Å². The number of fused-ring (bicyclic) bond motifs is 1. The lowest BCUT2D eigenvalue weighted by atomic mass is 10.2. The first-order chi connectivity index (χ1) is 12.2. The van der Waals surface area contributed by atoms with Gasteiger partial charge in [0.15, 0.2) is 11.5 Å². The Labute approximate surface area is 147 Å². The molecule has 0 amide bonds. The highest BCUT2D eigenvalue weighted by Gasteiger charge is 2.14.